The summed E-state index contributed by atoms with van der Waals surface area (Å²) in [5, 5.41) is 0. The van der Waals surface area contributed by atoms with E-state index in [0.717, 1.165) is 31.0 Å². The number of benzene rings is 1. The lowest BCUT2D eigenvalue weighted by atomic mass is 10.1. The van der Waals surface area contributed by atoms with E-state index in [0.29, 0.717) is 6.61 Å². The third kappa shape index (κ3) is 4.29. The molecule has 0 aliphatic carbocycles. The van der Waals surface area contributed by atoms with E-state index in [4.69, 9.17) is 4.74 Å². The Bertz CT molecular complexity index is 520. The van der Waals surface area contributed by atoms with Crippen LogP contribution in [-0.2, 0) is 6.42 Å². The van der Waals surface area contributed by atoms with Crippen molar-refractivity contribution in [2.24, 2.45) is 0 Å². The van der Waals surface area contributed by atoms with Crippen molar-refractivity contribution >= 4 is 5.69 Å². The maximum absolute atomic E-state index is 5.89. The summed E-state index contributed by atoms with van der Waals surface area (Å²) in [6.45, 7) is 11.7. The molecule has 2 heterocycles. The first-order valence-electron chi connectivity index (χ1n) is 8.71. The van der Waals surface area contributed by atoms with Gasteiger partial charge < -0.3 is 14.5 Å². The number of piperidine rings is 1. The predicted molar refractivity (Wildman–Crippen MR) is 99.4 cm³/mol. The van der Waals surface area contributed by atoms with Crippen LogP contribution in [0.25, 0.3) is 0 Å². The number of hydrogen-bond donors (Lipinski definition) is 0. The second kappa shape index (κ2) is 8.39. The molecule has 0 unspecified atom stereocenters. The van der Waals surface area contributed by atoms with Crippen LogP contribution < -0.4 is 9.64 Å². The monoisotopic (exact) mass is 316 g/mol. The highest BCUT2D eigenvalue weighted by Gasteiger charge is 2.22. The van der Waals surface area contributed by atoms with E-state index < -0.39 is 0 Å². The molecular formula is C20H32N2O. The molecule has 3 heteroatoms. The molecule has 128 valence electrons. The van der Waals surface area contributed by atoms with E-state index in [2.05, 4.69) is 41.5 Å². The second-order valence-corrected chi connectivity index (χ2v) is 6.46. The average Bonchev–Trinajstić information content (AvgIpc) is 2.55. The molecule has 0 N–H and O–H groups in total. The van der Waals surface area contributed by atoms with Gasteiger partial charge in [-0.05, 0) is 50.0 Å². The molecule has 0 radical (unpaired) electrons. The Hall–Kier alpha value is -1.48. The minimum atomic E-state index is 0. The molecule has 0 spiro atoms. The lowest BCUT2D eigenvalue weighted by molar-refractivity contribution is 0.232. The minimum Gasteiger partial charge on any atom is -0.485 e. The molecule has 2 aliphatic rings. The lowest BCUT2D eigenvalue weighted by Crippen LogP contribution is -2.39. The Kier molecular flexibility index (Phi) is 6.52. The fraction of sp³-hybridized carbons (Fsp3) is 0.600. The van der Waals surface area contributed by atoms with Gasteiger partial charge in [0.15, 0.2) is 0 Å². The molecule has 1 fully saturated rings. The van der Waals surface area contributed by atoms with E-state index in [1.54, 1.807) is 0 Å². The van der Waals surface area contributed by atoms with Crippen LogP contribution in [-0.4, -0.2) is 37.7 Å². The van der Waals surface area contributed by atoms with Gasteiger partial charge in [-0.15, -0.1) is 0 Å². The largest absolute Gasteiger partial charge is 0.485 e. The van der Waals surface area contributed by atoms with Crippen molar-refractivity contribution in [3.05, 3.63) is 36.0 Å². The first-order chi connectivity index (χ1) is 10.8. The number of rotatable bonds is 5. The molecule has 0 atom stereocenters. The van der Waals surface area contributed by atoms with Crippen LogP contribution in [0.1, 0.15) is 45.6 Å². The summed E-state index contributed by atoms with van der Waals surface area (Å²) in [4.78, 5) is 4.93. The van der Waals surface area contributed by atoms with Crippen molar-refractivity contribution in [2.45, 2.75) is 46.5 Å². The van der Waals surface area contributed by atoms with Crippen molar-refractivity contribution in [1.82, 2.24) is 4.90 Å². The van der Waals surface area contributed by atoms with E-state index in [9.17, 15) is 0 Å². The number of likely N-dealkylation sites (tertiary alicyclic amines) is 1. The van der Waals surface area contributed by atoms with Crippen molar-refractivity contribution in [3.8, 4) is 5.75 Å². The van der Waals surface area contributed by atoms with Gasteiger partial charge in [0.25, 0.3) is 0 Å². The molecule has 0 bridgehead atoms. The molecule has 2 aliphatic heterocycles. The van der Waals surface area contributed by atoms with Crippen LogP contribution in [0.4, 0.5) is 5.69 Å². The Morgan fingerprint density at radius 2 is 1.91 bits per heavy atom. The van der Waals surface area contributed by atoms with Gasteiger partial charge in [0.05, 0.1) is 5.69 Å². The summed E-state index contributed by atoms with van der Waals surface area (Å²) < 4.78 is 5.89. The number of aryl methyl sites for hydroxylation is 1. The first-order valence-corrected chi connectivity index (χ1v) is 8.71. The Morgan fingerprint density at radius 1 is 1.13 bits per heavy atom. The summed E-state index contributed by atoms with van der Waals surface area (Å²) in [5.74, 6) is 1.02. The molecular weight excluding hydrogens is 284 g/mol. The van der Waals surface area contributed by atoms with Gasteiger partial charge in [0.1, 0.15) is 12.4 Å². The maximum atomic E-state index is 5.89. The van der Waals surface area contributed by atoms with Gasteiger partial charge >= 0.3 is 0 Å². The SMILES string of the molecule is C.C=C1COc2cc(CCC)ccc2N1CCN1CCCCC1. The van der Waals surface area contributed by atoms with Crippen molar-refractivity contribution < 1.29 is 4.74 Å². The van der Waals surface area contributed by atoms with Crippen molar-refractivity contribution in [1.29, 1.82) is 0 Å². The molecule has 3 nitrogen and oxygen atoms in total. The van der Waals surface area contributed by atoms with E-state index >= 15 is 0 Å². The number of anilines is 1. The molecule has 23 heavy (non-hydrogen) atoms. The third-order valence-electron chi connectivity index (χ3n) is 4.72. The van der Waals surface area contributed by atoms with Gasteiger partial charge in [-0.1, -0.05) is 39.8 Å². The summed E-state index contributed by atoms with van der Waals surface area (Å²) >= 11 is 0. The quantitative estimate of drug-likeness (QED) is 0.797. The standard InChI is InChI=1S/C19H28N2O.CH4/c1-3-7-17-8-9-18-19(14-17)22-15-16(2)21(18)13-12-20-10-5-4-6-11-20;/h8-9,14H,2-7,10-13,15H2,1H3;1H4. The molecule has 1 saturated heterocycles. The van der Waals surface area contributed by atoms with Crippen LogP contribution >= 0.6 is 0 Å². The topological polar surface area (TPSA) is 15.7 Å². The maximum Gasteiger partial charge on any atom is 0.143 e. The Morgan fingerprint density at radius 3 is 2.65 bits per heavy atom. The molecule has 0 amide bonds. The van der Waals surface area contributed by atoms with Crippen LogP contribution in [0.3, 0.4) is 0 Å². The zero-order valence-corrected chi connectivity index (χ0v) is 13.8. The summed E-state index contributed by atoms with van der Waals surface area (Å²) in [6.07, 6.45) is 6.38. The molecule has 0 saturated carbocycles. The Balaban J connectivity index is 0.00000192. The van der Waals surface area contributed by atoms with Crippen molar-refractivity contribution in [3.63, 3.8) is 0 Å². The third-order valence-corrected chi connectivity index (χ3v) is 4.72. The average molecular weight is 316 g/mol. The lowest BCUT2D eigenvalue weighted by Gasteiger charge is -2.35. The zero-order valence-electron chi connectivity index (χ0n) is 13.8. The normalized spacial score (nSPS) is 18.1. The molecule has 3 rings (SSSR count). The number of hydrogen-bond acceptors (Lipinski definition) is 3. The summed E-state index contributed by atoms with van der Waals surface area (Å²) in [7, 11) is 0. The van der Waals surface area contributed by atoms with Crippen LogP contribution in [0.15, 0.2) is 30.5 Å². The molecule has 0 aromatic heterocycles. The van der Waals surface area contributed by atoms with Gasteiger partial charge in [-0.3, -0.25) is 0 Å². The number of fused-ring (bicyclic) bond motifs is 1. The number of ether oxygens (including phenoxy) is 1. The minimum absolute atomic E-state index is 0. The fourth-order valence-corrected chi connectivity index (χ4v) is 3.45. The van der Waals surface area contributed by atoms with Gasteiger partial charge in [-0.2, -0.15) is 0 Å². The van der Waals surface area contributed by atoms with Gasteiger partial charge in [-0.25, -0.2) is 0 Å². The molecule has 1 aromatic rings. The van der Waals surface area contributed by atoms with Crippen LogP contribution in [0.5, 0.6) is 5.75 Å². The van der Waals surface area contributed by atoms with Gasteiger partial charge in [0.2, 0.25) is 0 Å². The highest BCUT2D eigenvalue weighted by atomic mass is 16.5. The zero-order chi connectivity index (χ0) is 15.4. The molecule has 1 aromatic carbocycles. The van der Waals surface area contributed by atoms with E-state index in [-0.39, 0.29) is 7.43 Å². The van der Waals surface area contributed by atoms with Gasteiger partial charge in [0, 0.05) is 18.8 Å². The van der Waals surface area contributed by atoms with Crippen molar-refractivity contribution in [2.75, 3.05) is 37.7 Å². The highest BCUT2D eigenvalue weighted by Crippen LogP contribution is 2.35. The second-order valence-electron chi connectivity index (χ2n) is 6.46. The Labute approximate surface area is 141 Å². The first kappa shape index (κ1) is 17.9. The van der Waals surface area contributed by atoms with E-state index in [1.165, 1.54) is 50.0 Å². The summed E-state index contributed by atoms with van der Waals surface area (Å²) in [6, 6.07) is 6.65. The summed E-state index contributed by atoms with van der Waals surface area (Å²) in [5.41, 5.74) is 3.63. The smallest absolute Gasteiger partial charge is 0.143 e. The fourth-order valence-electron chi connectivity index (χ4n) is 3.45. The highest BCUT2D eigenvalue weighted by molar-refractivity contribution is 5.65. The number of nitrogens with zero attached hydrogens (tertiary/aromatic N) is 2. The van der Waals surface area contributed by atoms with Crippen LogP contribution in [0.2, 0.25) is 0 Å². The predicted octanol–water partition coefficient (Wildman–Crippen LogP) is 4.47. The van der Waals surface area contributed by atoms with Crippen LogP contribution in [0, 0.1) is 0 Å². The van der Waals surface area contributed by atoms with E-state index in [1.807, 2.05) is 0 Å².